The minimum atomic E-state index is -0.996. The molecular formula is C17H20N4O2. The van der Waals surface area contributed by atoms with Crippen molar-refractivity contribution in [2.45, 2.75) is 26.8 Å². The Hall–Kier alpha value is -2.37. The summed E-state index contributed by atoms with van der Waals surface area (Å²) >= 11 is 0. The van der Waals surface area contributed by atoms with Gasteiger partial charge in [0.15, 0.2) is 5.69 Å². The highest BCUT2D eigenvalue weighted by molar-refractivity contribution is 5.85. The van der Waals surface area contributed by atoms with Crippen LogP contribution in [0.3, 0.4) is 0 Å². The van der Waals surface area contributed by atoms with Crippen LogP contribution in [0.1, 0.15) is 34.0 Å². The Bertz CT molecular complexity index is 773. The van der Waals surface area contributed by atoms with E-state index in [9.17, 15) is 4.79 Å². The summed E-state index contributed by atoms with van der Waals surface area (Å²) in [5, 5.41) is 9.03. The van der Waals surface area contributed by atoms with Gasteiger partial charge in [-0.05, 0) is 43.7 Å². The van der Waals surface area contributed by atoms with Gasteiger partial charge in [0.05, 0.1) is 6.54 Å². The Morgan fingerprint density at radius 3 is 2.61 bits per heavy atom. The molecule has 0 radical (unpaired) electrons. The number of fused-ring (bicyclic) bond motifs is 1. The van der Waals surface area contributed by atoms with Crippen molar-refractivity contribution in [1.29, 1.82) is 0 Å². The standard InChI is InChI=1S/C17H20N4O2/c1-10-12(6-20-9-15(17(22)23)19-11(20)2)3-4-16(18-10)21-7-13-5-14(13)8-21/h3-4,9,13-14H,5-8H2,1-2H3,(H,22,23). The van der Waals surface area contributed by atoms with E-state index in [2.05, 4.69) is 22.0 Å². The van der Waals surface area contributed by atoms with Gasteiger partial charge in [-0.1, -0.05) is 6.07 Å². The van der Waals surface area contributed by atoms with Gasteiger partial charge in [0.25, 0.3) is 0 Å². The quantitative estimate of drug-likeness (QED) is 0.936. The lowest BCUT2D eigenvalue weighted by molar-refractivity contribution is 0.0691. The second-order valence-electron chi connectivity index (χ2n) is 6.68. The third-order valence-corrected chi connectivity index (χ3v) is 5.02. The number of imidazole rings is 1. The number of anilines is 1. The first-order chi connectivity index (χ1) is 11.0. The lowest BCUT2D eigenvalue weighted by atomic mass is 10.2. The number of aryl methyl sites for hydroxylation is 2. The van der Waals surface area contributed by atoms with Crippen molar-refractivity contribution in [1.82, 2.24) is 14.5 Å². The SMILES string of the molecule is Cc1nc(N2CC3CC3C2)ccc1Cn1cc(C(=O)O)nc1C. The highest BCUT2D eigenvalue weighted by Crippen LogP contribution is 2.45. The van der Waals surface area contributed by atoms with Crippen LogP contribution >= 0.6 is 0 Å². The minimum Gasteiger partial charge on any atom is -0.476 e. The van der Waals surface area contributed by atoms with E-state index in [4.69, 9.17) is 10.1 Å². The molecule has 1 saturated carbocycles. The van der Waals surface area contributed by atoms with Crippen LogP contribution < -0.4 is 4.90 Å². The monoisotopic (exact) mass is 312 g/mol. The maximum atomic E-state index is 11.0. The fourth-order valence-electron chi connectivity index (χ4n) is 3.46. The molecule has 2 aromatic rings. The first kappa shape index (κ1) is 14.2. The second kappa shape index (κ2) is 5.08. The van der Waals surface area contributed by atoms with Crippen molar-refractivity contribution in [3.63, 3.8) is 0 Å². The van der Waals surface area contributed by atoms with Crippen molar-refractivity contribution in [3.05, 3.63) is 41.1 Å². The molecule has 2 aromatic heterocycles. The highest BCUT2D eigenvalue weighted by atomic mass is 16.4. The molecule has 23 heavy (non-hydrogen) atoms. The van der Waals surface area contributed by atoms with Crippen molar-refractivity contribution in [2.24, 2.45) is 11.8 Å². The minimum absolute atomic E-state index is 0.0843. The van der Waals surface area contributed by atoms with Crippen LogP contribution in [0.5, 0.6) is 0 Å². The Kier molecular flexibility index (Phi) is 3.14. The number of rotatable bonds is 4. The lowest BCUT2D eigenvalue weighted by Crippen LogP contribution is -2.23. The Morgan fingerprint density at radius 1 is 1.26 bits per heavy atom. The van der Waals surface area contributed by atoms with Crippen LogP contribution in [0.25, 0.3) is 0 Å². The van der Waals surface area contributed by atoms with Gasteiger partial charge in [0.2, 0.25) is 0 Å². The number of carboxylic acid groups (broad SMARTS) is 1. The molecule has 1 aliphatic carbocycles. The van der Waals surface area contributed by atoms with E-state index in [0.717, 1.165) is 42.0 Å². The van der Waals surface area contributed by atoms with Crippen molar-refractivity contribution in [2.75, 3.05) is 18.0 Å². The van der Waals surface area contributed by atoms with E-state index in [1.165, 1.54) is 6.42 Å². The van der Waals surface area contributed by atoms with Gasteiger partial charge in [0, 0.05) is 25.0 Å². The molecule has 0 amide bonds. The molecule has 0 bridgehead atoms. The Morgan fingerprint density at radius 2 is 2.00 bits per heavy atom. The predicted molar refractivity (Wildman–Crippen MR) is 85.8 cm³/mol. The molecule has 6 heteroatoms. The Balaban J connectivity index is 1.54. The fraction of sp³-hybridized carbons (Fsp3) is 0.471. The molecule has 6 nitrogen and oxygen atoms in total. The molecule has 1 aliphatic heterocycles. The summed E-state index contributed by atoms with van der Waals surface area (Å²) in [6.45, 7) is 6.70. The zero-order chi connectivity index (χ0) is 16.1. The maximum absolute atomic E-state index is 11.0. The van der Waals surface area contributed by atoms with Crippen LogP contribution in [0.15, 0.2) is 18.3 Å². The molecule has 120 valence electrons. The summed E-state index contributed by atoms with van der Waals surface area (Å²) < 4.78 is 1.86. The average molecular weight is 312 g/mol. The number of aromatic nitrogens is 3. The third kappa shape index (κ3) is 2.58. The predicted octanol–water partition coefficient (Wildman–Crippen LogP) is 2.10. The Labute approximate surface area is 134 Å². The third-order valence-electron chi connectivity index (χ3n) is 5.02. The van der Waals surface area contributed by atoms with Gasteiger partial charge in [-0.15, -0.1) is 0 Å². The summed E-state index contributed by atoms with van der Waals surface area (Å²) in [4.78, 5) is 22.2. The molecule has 2 atom stereocenters. The number of pyridine rings is 1. The summed E-state index contributed by atoms with van der Waals surface area (Å²) in [7, 11) is 0. The normalized spacial score (nSPS) is 22.3. The molecule has 2 unspecified atom stereocenters. The zero-order valence-corrected chi connectivity index (χ0v) is 13.4. The lowest BCUT2D eigenvalue weighted by Gasteiger charge is -2.20. The van der Waals surface area contributed by atoms with Crippen molar-refractivity contribution < 1.29 is 9.90 Å². The molecule has 3 heterocycles. The van der Waals surface area contributed by atoms with E-state index in [0.29, 0.717) is 12.4 Å². The molecule has 0 aromatic carbocycles. The van der Waals surface area contributed by atoms with E-state index in [1.54, 1.807) is 6.20 Å². The van der Waals surface area contributed by atoms with E-state index < -0.39 is 5.97 Å². The molecule has 2 aliphatic rings. The van der Waals surface area contributed by atoms with Crippen LogP contribution in [-0.2, 0) is 6.54 Å². The summed E-state index contributed by atoms with van der Waals surface area (Å²) in [5.74, 6) is 2.54. The maximum Gasteiger partial charge on any atom is 0.356 e. The molecule has 2 fully saturated rings. The topological polar surface area (TPSA) is 71.2 Å². The zero-order valence-electron chi connectivity index (χ0n) is 13.4. The molecule has 0 spiro atoms. The number of hydrogen-bond acceptors (Lipinski definition) is 4. The number of nitrogens with zero attached hydrogens (tertiary/aromatic N) is 4. The van der Waals surface area contributed by atoms with Crippen LogP contribution in [0, 0.1) is 25.7 Å². The molecule has 1 saturated heterocycles. The van der Waals surface area contributed by atoms with Crippen LogP contribution in [0.2, 0.25) is 0 Å². The number of carboxylic acids is 1. The van der Waals surface area contributed by atoms with Crippen LogP contribution in [0.4, 0.5) is 5.82 Å². The van der Waals surface area contributed by atoms with Crippen molar-refractivity contribution >= 4 is 11.8 Å². The summed E-state index contributed by atoms with van der Waals surface area (Å²) in [6, 6.07) is 4.18. The number of hydrogen-bond donors (Lipinski definition) is 1. The van der Waals surface area contributed by atoms with E-state index >= 15 is 0 Å². The van der Waals surface area contributed by atoms with Gasteiger partial charge in [0.1, 0.15) is 11.6 Å². The average Bonchev–Trinajstić information content (AvgIpc) is 2.94. The van der Waals surface area contributed by atoms with Gasteiger partial charge < -0.3 is 14.6 Å². The summed E-state index contributed by atoms with van der Waals surface area (Å²) in [6.07, 6.45) is 2.97. The number of aromatic carboxylic acids is 1. The fourth-order valence-corrected chi connectivity index (χ4v) is 3.46. The molecular weight excluding hydrogens is 292 g/mol. The van der Waals surface area contributed by atoms with Gasteiger partial charge in [-0.3, -0.25) is 0 Å². The molecule has 1 N–H and O–H groups in total. The highest BCUT2D eigenvalue weighted by Gasteiger charge is 2.45. The second-order valence-corrected chi connectivity index (χ2v) is 6.68. The van der Waals surface area contributed by atoms with Crippen LogP contribution in [-0.4, -0.2) is 38.7 Å². The number of carbonyl (C=O) groups is 1. The number of piperidine rings is 1. The van der Waals surface area contributed by atoms with E-state index in [1.807, 2.05) is 18.4 Å². The van der Waals surface area contributed by atoms with Gasteiger partial charge >= 0.3 is 5.97 Å². The summed E-state index contributed by atoms with van der Waals surface area (Å²) in [5.41, 5.74) is 2.17. The largest absolute Gasteiger partial charge is 0.476 e. The molecule has 4 rings (SSSR count). The van der Waals surface area contributed by atoms with Crippen molar-refractivity contribution in [3.8, 4) is 0 Å². The van der Waals surface area contributed by atoms with Gasteiger partial charge in [-0.25, -0.2) is 14.8 Å². The van der Waals surface area contributed by atoms with Gasteiger partial charge in [-0.2, -0.15) is 0 Å². The smallest absolute Gasteiger partial charge is 0.356 e. The van der Waals surface area contributed by atoms with E-state index in [-0.39, 0.29) is 5.69 Å². The first-order valence-electron chi connectivity index (χ1n) is 8.00. The first-order valence-corrected chi connectivity index (χ1v) is 8.00.